The van der Waals surface area contributed by atoms with Gasteiger partial charge in [-0.15, -0.1) is 0 Å². The normalized spacial score (nSPS) is 28.0. The predicted octanol–water partition coefficient (Wildman–Crippen LogP) is 2.82. The van der Waals surface area contributed by atoms with E-state index >= 15 is 0 Å². The molecule has 18 nitrogen and oxygen atoms in total. The lowest BCUT2D eigenvalue weighted by Crippen LogP contribution is -2.64. The van der Waals surface area contributed by atoms with Crippen molar-refractivity contribution in [3.8, 4) is 0 Å². The minimum Gasteiger partial charge on any atom is -0.472 e. The number of hydrogen-bond donors (Lipinski definition) is 0. The first-order valence-electron chi connectivity index (χ1n) is 20.0. The first-order chi connectivity index (χ1) is 30.2. The first kappa shape index (κ1) is 41.1. The zero-order valence-corrected chi connectivity index (χ0v) is 33.7. The highest BCUT2D eigenvalue weighted by Gasteiger charge is 2.57. The number of ether oxygens (including phenoxy) is 6. The molecule has 9 atom stereocenters. The fraction of sp³-hybridized carbons (Fsp3) is 0.311. The zero-order valence-electron chi connectivity index (χ0n) is 33.7. The summed E-state index contributed by atoms with van der Waals surface area (Å²) < 4.78 is 36.0. The standard InChI is InChI=1S/C45H37N3O15/c1-21(49)59-35-33(20-47-40(54)27-12-6-7-13-28(27)41(47)55)62-45(37(61-23(3)51)36(35)60-22(2)50)63-44-34-24(19-46-38(52)25-10-4-5-11-26(25)39(46)53)18-32(31(34)16-17-58-44)48-42(56)29-14-8-9-15-30(29)43(48)57/h4-18,31-37,44-45H,19-20H2,1-3H3/t31-,32-,33+,34+,35+,36-,37+,44-,45-/m0/s1. The summed E-state index contributed by atoms with van der Waals surface area (Å²) in [6.45, 7) is 2.32. The van der Waals surface area contributed by atoms with E-state index in [0.717, 1.165) is 35.5 Å². The lowest BCUT2D eigenvalue weighted by atomic mass is 9.86. The van der Waals surface area contributed by atoms with Crippen LogP contribution in [0.2, 0.25) is 0 Å². The Morgan fingerprint density at radius 3 is 1.51 bits per heavy atom. The summed E-state index contributed by atoms with van der Waals surface area (Å²) in [7, 11) is 0. The fourth-order valence-electron chi connectivity index (χ4n) is 9.18. The van der Waals surface area contributed by atoms with Gasteiger partial charge in [-0.25, -0.2) is 0 Å². The molecule has 5 heterocycles. The van der Waals surface area contributed by atoms with Gasteiger partial charge in [0, 0.05) is 26.7 Å². The fourth-order valence-corrected chi connectivity index (χ4v) is 9.18. The highest BCUT2D eigenvalue weighted by molar-refractivity contribution is 6.23. The largest absolute Gasteiger partial charge is 0.472 e. The molecule has 9 rings (SSSR count). The number of hydrogen-bond acceptors (Lipinski definition) is 15. The maximum absolute atomic E-state index is 13.9. The van der Waals surface area contributed by atoms with E-state index < -0.39 is 115 Å². The lowest BCUT2D eigenvalue weighted by molar-refractivity contribution is -0.339. The molecule has 0 unspecified atom stereocenters. The Bertz CT molecular complexity index is 2500. The van der Waals surface area contributed by atoms with Crippen molar-refractivity contribution in [1.82, 2.24) is 14.7 Å². The molecule has 6 amide bonds. The molecular formula is C45H37N3O15. The average Bonchev–Trinajstić information content (AvgIpc) is 3.90. The molecule has 1 saturated heterocycles. The van der Waals surface area contributed by atoms with E-state index in [1.807, 2.05) is 0 Å². The smallest absolute Gasteiger partial charge is 0.303 e. The molecule has 18 heteroatoms. The maximum Gasteiger partial charge on any atom is 0.303 e. The Labute approximate surface area is 357 Å². The van der Waals surface area contributed by atoms with E-state index in [-0.39, 0.29) is 39.9 Å². The third-order valence-corrected chi connectivity index (χ3v) is 11.8. The second kappa shape index (κ2) is 15.9. The number of rotatable bonds is 10. The van der Waals surface area contributed by atoms with Crippen LogP contribution in [0.3, 0.4) is 0 Å². The third-order valence-electron chi connectivity index (χ3n) is 11.8. The van der Waals surface area contributed by atoms with Crippen molar-refractivity contribution in [1.29, 1.82) is 0 Å². The molecule has 0 bridgehead atoms. The molecule has 3 aromatic carbocycles. The topological polar surface area (TPSA) is 219 Å². The number of esters is 3. The highest BCUT2D eigenvalue weighted by atomic mass is 16.8. The molecule has 0 saturated carbocycles. The second-order valence-electron chi connectivity index (χ2n) is 15.6. The summed E-state index contributed by atoms with van der Waals surface area (Å²) in [6.07, 6.45) is -5.10. The quantitative estimate of drug-likeness (QED) is 0.124. The van der Waals surface area contributed by atoms with E-state index in [9.17, 15) is 43.2 Å². The summed E-state index contributed by atoms with van der Waals surface area (Å²) in [6, 6.07) is 17.8. The number of carbonyl (C=O) groups excluding carboxylic acids is 9. The van der Waals surface area contributed by atoms with Gasteiger partial charge in [-0.2, -0.15) is 0 Å². The van der Waals surface area contributed by atoms with Crippen molar-refractivity contribution >= 4 is 53.4 Å². The van der Waals surface area contributed by atoms with Gasteiger partial charge in [-0.05, 0) is 48.0 Å². The maximum atomic E-state index is 13.9. The van der Waals surface area contributed by atoms with Gasteiger partial charge in [0.25, 0.3) is 35.4 Å². The number of fused-ring (bicyclic) bond motifs is 4. The Morgan fingerprint density at radius 2 is 1.02 bits per heavy atom. The van der Waals surface area contributed by atoms with E-state index in [4.69, 9.17) is 28.4 Å². The minimum atomic E-state index is -1.76. The predicted molar refractivity (Wildman–Crippen MR) is 210 cm³/mol. The van der Waals surface area contributed by atoms with Gasteiger partial charge in [-0.3, -0.25) is 57.9 Å². The summed E-state index contributed by atoms with van der Waals surface area (Å²) in [4.78, 5) is 123. The van der Waals surface area contributed by atoms with Crippen molar-refractivity contribution in [3.63, 3.8) is 0 Å². The van der Waals surface area contributed by atoms with Gasteiger partial charge in [0.1, 0.15) is 6.10 Å². The van der Waals surface area contributed by atoms with Crippen LogP contribution in [0, 0.1) is 11.8 Å². The highest BCUT2D eigenvalue weighted by Crippen LogP contribution is 2.46. The van der Waals surface area contributed by atoms with Gasteiger partial charge in [0.05, 0.1) is 64.7 Å². The molecule has 6 aliphatic rings. The number of benzene rings is 3. The van der Waals surface area contributed by atoms with Crippen molar-refractivity contribution in [3.05, 3.63) is 130 Å². The van der Waals surface area contributed by atoms with Crippen LogP contribution in [0.25, 0.3) is 0 Å². The molecule has 0 radical (unpaired) electrons. The summed E-state index contributed by atoms with van der Waals surface area (Å²) in [5.74, 6) is -8.09. The Morgan fingerprint density at radius 1 is 0.571 bits per heavy atom. The van der Waals surface area contributed by atoms with Crippen LogP contribution >= 0.6 is 0 Å². The van der Waals surface area contributed by atoms with E-state index in [1.165, 1.54) is 42.7 Å². The Hall–Kier alpha value is -7.31. The van der Waals surface area contributed by atoms with Crippen molar-refractivity contribution < 1.29 is 71.6 Å². The molecule has 0 aromatic heterocycles. The lowest BCUT2D eigenvalue weighted by Gasteiger charge is -2.46. The van der Waals surface area contributed by atoms with Crippen molar-refractivity contribution in [2.75, 3.05) is 13.1 Å². The molecule has 1 aliphatic carbocycles. The minimum absolute atomic E-state index is 0.115. The van der Waals surface area contributed by atoms with Crippen LogP contribution in [0.1, 0.15) is 82.9 Å². The molecule has 0 spiro atoms. The average molecular weight is 860 g/mol. The van der Waals surface area contributed by atoms with Gasteiger partial charge in [-0.1, -0.05) is 42.5 Å². The van der Waals surface area contributed by atoms with Crippen LogP contribution < -0.4 is 0 Å². The number of nitrogens with zero attached hydrogens (tertiary/aromatic N) is 3. The summed E-state index contributed by atoms with van der Waals surface area (Å²) >= 11 is 0. The third kappa shape index (κ3) is 6.96. The SMILES string of the molecule is CC(=O)O[C@@H]1[C@@H](OC(C)=O)[C@H](O[C@@H]2OC=C[C@@H]3[C@H]2C(CN2C(=O)c4ccccc4C2=O)=C[C@@H]3N2C(=O)c3ccccc3C2=O)O[C@H](CN2C(=O)c3ccccc3C2=O)[C@H]1OC(C)=O. The Kier molecular flexibility index (Phi) is 10.3. The molecule has 0 N–H and O–H groups in total. The molecule has 1 fully saturated rings. The zero-order chi connectivity index (χ0) is 44.4. The molecule has 322 valence electrons. The van der Waals surface area contributed by atoms with E-state index in [0.29, 0.717) is 5.57 Å². The number of imide groups is 3. The van der Waals surface area contributed by atoms with E-state index in [2.05, 4.69) is 0 Å². The molecular weight excluding hydrogens is 823 g/mol. The Balaban J connectivity index is 1.09. The van der Waals surface area contributed by atoms with Gasteiger partial charge < -0.3 is 28.4 Å². The van der Waals surface area contributed by atoms with Crippen LogP contribution in [0.15, 0.2) is 96.8 Å². The second-order valence-corrected chi connectivity index (χ2v) is 15.6. The number of carbonyl (C=O) groups is 9. The van der Waals surface area contributed by atoms with Gasteiger partial charge in [0.15, 0.2) is 18.3 Å². The van der Waals surface area contributed by atoms with Crippen molar-refractivity contribution in [2.45, 2.75) is 63.8 Å². The monoisotopic (exact) mass is 859 g/mol. The van der Waals surface area contributed by atoms with Crippen molar-refractivity contribution in [2.24, 2.45) is 11.8 Å². The van der Waals surface area contributed by atoms with Crippen LogP contribution in [0.5, 0.6) is 0 Å². The van der Waals surface area contributed by atoms with Gasteiger partial charge >= 0.3 is 17.9 Å². The molecule has 3 aromatic rings. The van der Waals surface area contributed by atoms with Crippen LogP contribution in [-0.2, 0) is 42.8 Å². The first-order valence-corrected chi connectivity index (χ1v) is 20.0. The van der Waals surface area contributed by atoms with E-state index in [1.54, 1.807) is 48.6 Å². The summed E-state index contributed by atoms with van der Waals surface area (Å²) in [5.41, 5.74) is 1.32. The van der Waals surface area contributed by atoms with Gasteiger partial charge in [0.2, 0.25) is 12.6 Å². The molecule has 5 aliphatic heterocycles. The summed E-state index contributed by atoms with van der Waals surface area (Å²) in [5, 5.41) is 0. The van der Waals surface area contributed by atoms with Crippen LogP contribution in [0.4, 0.5) is 0 Å². The number of amides is 6. The molecule has 63 heavy (non-hydrogen) atoms. The van der Waals surface area contributed by atoms with Crippen LogP contribution in [-0.4, -0.2) is 124 Å².